The summed E-state index contributed by atoms with van der Waals surface area (Å²) in [4.78, 5) is 31.5. The van der Waals surface area contributed by atoms with Crippen LogP contribution in [0.2, 0.25) is 0 Å². The number of carbonyl (C=O) groups excluding carboxylic acids is 1. The van der Waals surface area contributed by atoms with Gasteiger partial charge < -0.3 is 19.4 Å². The maximum atomic E-state index is 14.5. The van der Waals surface area contributed by atoms with Gasteiger partial charge in [0.1, 0.15) is 24.6 Å². The third-order valence-corrected chi connectivity index (χ3v) is 10.8. The zero-order chi connectivity index (χ0) is 30.9. The Balaban J connectivity index is 1.17. The monoisotopic (exact) mass is 610 g/mol. The zero-order valence-corrected chi connectivity index (χ0v) is 25.2. The van der Waals surface area contributed by atoms with Crippen LogP contribution in [0.25, 0.3) is 26.9 Å². The van der Waals surface area contributed by atoms with Crippen molar-refractivity contribution in [2.45, 2.75) is 55.8 Å². The van der Waals surface area contributed by atoms with Crippen LogP contribution < -0.4 is 9.64 Å². The van der Waals surface area contributed by atoms with Crippen LogP contribution in [0.15, 0.2) is 48.8 Å². The number of amides is 1. The molecule has 3 saturated heterocycles. The van der Waals surface area contributed by atoms with E-state index in [-0.39, 0.29) is 24.6 Å². The number of fused-ring (bicyclic) bond motifs is 5. The normalized spacial score (nSPS) is 28.5. The number of rotatable bonds is 7. The molecule has 4 fully saturated rings. The van der Waals surface area contributed by atoms with Crippen LogP contribution in [-0.2, 0) is 11.2 Å². The molecule has 0 bridgehead atoms. The van der Waals surface area contributed by atoms with Gasteiger partial charge in [-0.15, -0.1) is 0 Å². The molecule has 3 aromatic rings. The third-order valence-electron chi connectivity index (χ3n) is 10.8. The van der Waals surface area contributed by atoms with Crippen molar-refractivity contribution in [1.82, 2.24) is 19.8 Å². The number of aromatic nitrogens is 2. The SMILES string of the molecule is [C-]#[N+]C[C@H]1CN(c2nc(OC[C@@]34CCCN3C[C@H](F)C4)nc3cc(-c4cccc5c4CC4CC54)ccc23)CCN1C(=O)C(=C)F. The van der Waals surface area contributed by atoms with Crippen molar-refractivity contribution in [2.75, 3.05) is 50.8 Å². The lowest BCUT2D eigenvalue weighted by Crippen LogP contribution is -2.56. The van der Waals surface area contributed by atoms with Gasteiger partial charge in [0.05, 0.1) is 11.1 Å². The number of hydrogen-bond donors (Lipinski definition) is 0. The highest BCUT2D eigenvalue weighted by atomic mass is 19.1. The van der Waals surface area contributed by atoms with Gasteiger partial charge in [-0.25, -0.2) is 15.4 Å². The summed E-state index contributed by atoms with van der Waals surface area (Å²) in [5.74, 6) is 0.319. The molecule has 0 spiro atoms. The molecule has 8 nitrogen and oxygen atoms in total. The Kier molecular flexibility index (Phi) is 6.79. The van der Waals surface area contributed by atoms with Gasteiger partial charge in [-0.05, 0) is 78.5 Å². The molecule has 0 radical (unpaired) electrons. The molecule has 2 aromatic carbocycles. The van der Waals surface area contributed by atoms with Gasteiger partial charge in [0.2, 0.25) is 6.54 Å². The van der Waals surface area contributed by atoms with E-state index < -0.39 is 23.9 Å². The highest BCUT2D eigenvalue weighted by molar-refractivity contribution is 5.94. The molecule has 8 rings (SSSR count). The summed E-state index contributed by atoms with van der Waals surface area (Å²) in [6, 6.07) is 12.6. The molecular weight excluding hydrogens is 574 g/mol. The van der Waals surface area contributed by atoms with Gasteiger partial charge in [0.25, 0.3) is 5.91 Å². The van der Waals surface area contributed by atoms with Crippen molar-refractivity contribution in [3.05, 3.63) is 71.3 Å². The first-order valence-electron chi connectivity index (χ1n) is 16.0. The lowest BCUT2D eigenvalue weighted by molar-refractivity contribution is -0.131. The summed E-state index contributed by atoms with van der Waals surface area (Å²) in [5, 5.41) is 0.836. The molecule has 3 aliphatic heterocycles. The average molecular weight is 611 g/mol. The van der Waals surface area contributed by atoms with Crippen LogP contribution in [0, 0.1) is 12.5 Å². The summed E-state index contributed by atoms with van der Waals surface area (Å²) in [7, 11) is 0. The quantitative estimate of drug-likeness (QED) is 0.266. The summed E-state index contributed by atoms with van der Waals surface area (Å²) in [6.45, 7) is 13.3. The maximum Gasteiger partial charge on any atom is 0.319 e. The van der Waals surface area contributed by atoms with Crippen molar-refractivity contribution in [2.24, 2.45) is 5.92 Å². The topological polar surface area (TPSA) is 66.2 Å². The molecule has 1 saturated carbocycles. The molecule has 45 heavy (non-hydrogen) atoms. The van der Waals surface area contributed by atoms with Gasteiger partial charge in [-0.3, -0.25) is 9.69 Å². The summed E-state index contributed by atoms with van der Waals surface area (Å²) < 4.78 is 34.7. The average Bonchev–Trinajstić information content (AvgIpc) is 3.38. The van der Waals surface area contributed by atoms with E-state index in [0.29, 0.717) is 44.4 Å². The Hall–Kier alpha value is -4.10. The van der Waals surface area contributed by atoms with Crippen molar-refractivity contribution in [3.63, 3.8) is 0 Å². The second-order valence-corrected chi connectivity index (χ2v) is 13.4. The highest BCUT2D eigenvalue weighted by Gasteiger charge is 2.49. The zero-order valence-electron chi connectivity index (χ0n) is 25.2. The molecule has 2 unspecified atom stereocenters. The van der Waals surface area contributed by atoms with E-state index in [1.54, 1.807) is 0 Å². The van der Waals surface area contributed by atoms with E-state index in [1.807, 2.05) is 11.0 Å². The van der Waals surface area contributed by atoms with Crippen LogP contribution in [0.5, 0.6) is 6.01 Å². The fraction of sp³-hybridized carbons (Fsp3) is 0.486. The van der Waals surface area contributed by atoms with Gasteiger partial charge in [0, 0.05) is 38.0 Å². The molecule has 1 aromatic heterocycles. The largest absolute Gasteiger partial charge is 0.461 e. The first-order chi connectivity index (χ1) is 21.8. The molecule has 2 aliphatic carbocycles. The van der Waals surface area contributed by atoms with Crippen LogP contribution in [-0.4, -0.2) is 89.3 Å². The first-order valence-corrected chi connectivity index (χ1v) is 16.0. The fourth-order valence-corrected chi connectivity index (χ4v) is 8.51. The van der Waals surface area contributed by atoms with Crippen molar-refractivity contribution < 1.29 is 18.3 Å². The Morgan fingerprint density at radius 2 is 2.07 bits per heavy atom. The number of hydrogen-bond acceptors (Lipinski definition) is 6. The van der Waals surface area contributed by atoms with E-state index in [2.05, 4.69) is 46.7 Å². The lowest BCUT2D eigenvalue weighted by atomic mass is 9.94. The van der Waals surface area contributed by atoms with Crippen LogP contribution in [0.4, 0.5) is 14.6 Å². The Morgan fingerprint density at radius 3 is 2.91 bits per heavy atom. The lowest BCUT2D eigenvalue weighted by Gasteiger charge is -2.39. The molecule has 5 atom stereocenters. The van der Waals surface area contributed by atoms with Gasteiger partial charge >= 0.3 is 6.01 Å². The Morgan fingerprint density at radius 1 is 1.18 bits per heavy atom. The third kappa shape index (κ3) is 4.83. The fourth-order valence-electron chi connectivity index (χ4n) is 8.51. The first kappa shape index (κ1) is 28.4. The summed E-state index contributed by atoms with van der Waals surface area (Å²) >= 11 is 0. The number of piperazine rings is 1. The minimum Gasteiger partial charge on any atom is -0.461 e. The van der Waals surface area contributed by atoms with Crippen molar-refractivity contribution in [3.8, 4) is 17.1 Å². The van der Waals surface area contributed by atoms with Gasteiger partial charge in [0.15, 0.2) is 5.83 Å². The van der Waals surface area contributed by atoms with Crippen LogP contribution in [0.3, 0.4) is 0 Å². The van der Waals surface area contributed by atoms with E-state index in [9.17, 15) is 13.6 Å². The van der Waals surface area contributed by atoms with Gasteiger partial charge in [-0.1, -0.05) is 30.8 Å². The van der Waals surface area contributed by atoms with Crippen molar-refractivity contribution >= 4 is 22.6 Å². The maximum absolute atomic E-state index is 14.5. The number of anilines is 1. The highest BCUT2D eigenvalue weighted by Crippen LogP contribution is 2.57. The Bertz CT molecular complexity index is 1760. The molecule has 1 amide bonds. The number of halogens is 2. The summed E-state index contributed by atoms with van der Waals surface area (Å²) in [6.07, 6.45) is 3.90. The van der Waals surface area contributed by atoms with Gasteiger partial charge in [-0.2, -0.15) is 9.97 Å². The minimum absolute atomic E-state index is 0.0376. The second-order valence-electron chi connectivity index (χ2n) is 13.4. The number of benzene rings is 2. The number of carbonyl (C=O) groups is 1. The van der Waals surface area contributed by atoms with Crippen molar-refractivity contribution in [1.29, 1.82) is 0 Å². The van der Waals surface area contributed by atoms with E-state index >= 15 is 0 Å². The molecule has 4 heterocycles. The predicted molar refractivity (Wildman–Crippen MR) is 168 cm³/mol. The molecule has 232 valence electrons. The van der Waals surface area contributed by atoms with E-state index in [0.717, 1.165) is 48.2 Å². The molecule has 10 heteroatoms. The van der Waals surface area contributed by atoms with Crippen LogP contribution >= 0.6 is 0 Å². The number of nitrogens with zero attached hydrogens (tertiary/aromatic N) is 6. The number of alkyl halides is 1. The summed E-state index contributed by atoms with van der Waals surface area (Å²) in [5.41, 5.74) is 5.63. The van der Waals surface area contributed by atoms with Crippen LogP contribution in [0.1, 0.15) is 42.7 Å². The Labute approximate surface area is 261 Å². The molecule has 5 aliphatic rings. The molecular formula is C35H36F2N6O2. The minimum atomic E-state index is -1.03. The standard InChI is InChI=1S/C35H36F2N6O2/c1-21(36)33(44)43-12-11-41(19-25(43)17-38-2)32-28-8-7-22(26-5-3-6-27-29-13-23(29)14-30(26)27)15-31(28)39-34(40-32)45-20-35-9-4-10-42(35)18-24(37)16-35/h3,5-8,15,23-25,29H,1,4,9-14,16-20H2/t23?,24-,25+,29?,35+/m1/s1. The smallest absolute Gasteiger partial charge is 0.319 e. The van der Waals surface area contributed by atoms with E-state index in [1.165, 1.54) is 28.0 Å². The van der Waals surface area contributed by atoms with E-state index in [4.69, 9.17) is 21.3 Å². The second kappa shape index (κ2) is 10.8. The predicted octanol–water partition coefficient (Wildman–Crippen LogP) is 5.33. The molecule has 0 N–H and O–H groups in total. The number of ether oxygens (including phenoxy) is 1.